The zero-order valence-electron chi connectivity index (χ0n) is 10.1. The molecule has 1 aliphatic rings. The van der Waals surface area contributed by atoms with Crippen LogP contribution in [0.25, 0.3) is 0 Å². The van der Waals surface area contributed by atoms with E-state index >= 15 is 0 Å². The highest BCUT2D eigenvalue weighted by Crippen LogP contribution is 2.16. The van der Waals surface area contributed by atoms with Crippen molar-refractivity contribution in [3.05, 3.63) is 0 Å². The first-order chi connectivity index (χ1) is 7.20. The second-order valence-electron chi connectivity index (χ2n) is 4.76. The molecule has 15 heavy (non-hydrogen) atoms. The third-order valence-electron chi connectivity index (χ3n) is 3.47. The Morgan fingerprint density at radius 1 is 1.47 bits per heavy atom. The third-order valence-corrected chi connectivity index (χ3v) is 3.47. The molecule has 0 amide bonds. The van der Waals surface area contributed by atoms with Crippen LogP contribution in [0.5, 0.6) is 0 Å². The van der Waals surface area contributed by atoms with E-state index in [9.17, 15) is 0 Å². The zero-order valence-corrected chi connectivity index (χ0v) is 10.1. The predicted molar refractivity (Wildman–Crippen MR) is 62.0 cm³/mol. The summed E-state index contributed by atoms with van der Waals surface area (Å²) in [5, 5.41) is 12.5. The van der Waals surface area contributed by atoms with Gasteiger partial charge in [0.25, 0.3) is 0 Å². The van der Waals surface area contributed by atoms with Crippen molar-refractivity contribution >= 4 is 0 Å². The summed E-state index contributed by atoms with van der Waals surface area (Å²) in [5.41, 5.74) is 0.0650. The minimum Gasteiger partial charge on any atom is -0.396 e. The molecule has 1 fully saturated rings. The molecular weight excluding hydrogens is 190 g/mol. The van der Waals surface area contributed by atoms with Crippen molar-refractivity contribution in [1.29, 1.82) is 0 Å². The van der Waals surface area contributed by atoms with Gasteiger partial charge in [-0.2, -0.15) is 0 Å². The second-order valence-corrected chi connectivity index (χ2v) is 4.76. The van der Waals surface area contributed by atoms with Gasteiger partial charge in [-0.3, -0.25) is 0 Å². The van der Waals surface area contributed by atoms with Crippen LogP contribution in [0.2, 0.25) is 0 Å². The Balaban J connectivity index is 2.25. The molecule has 2 N–H and O–H groups in total. The summed E-state index contributed by atoms with van der Waals surface area (Å²) < 4.78 is 5.67. The Hall–Kier alpha value is -0.120. The molecule has 90 valence electrons. The van der Waals surface area contributed by atoms with Gasteiger partial charge in [-0.25, -0.2) is 0 Å². The molecule has 3 heteroatoms. The molecule has 0 saturated carbocycles. The summed E-state index contributed by atoms with van der Waals surface area (Å²) in [5.74, 6) is 0. The quantitative estimate of drug-likeness (QED) is 0.708. The van der Waals surface area contributed by atoms with Crippen LogP contribution < -0.4 is 5.32 Å². The maximum absolute atomic E-state index is 9.00. The van der Waals surface area contributed by atoms with Crippen molar-refractivity contribution < 1.29 is 9.84 Å². The highest BCUT2D eigenvalue weighted by molar-refractivity contribution is 4.82. The van der Waals surface area contributed by atoms with Crippen molar-refractivity contribution in [1.82, 2.24) is 5.32 Å². The Bertz CT molecular complexity index is 169. The van der Waals surface area contributed by atoms with E-state index in [-0.39, 0.29) is 12.1 Å². The van der Waals surface area contributed by atoms with E-state index in [4.69, 9.17) is 9.84 Å². The second kappa shape index (κ2) is 6.46. The molecule has 0 spiro atoms. The van der Waals surface area contributed by atoms with Gasteiger partial charge in [-0.15, -0.1) is 0 Å². The van der Waals surface area contributed by atoms with Gasteiger partial charge >= 0.3 is 0 Å². The van der Waals surface area contributed by atoms with Crippen LogP contribution in [0.15, 0.2) is 0 Å². The number of aliphatic hydroxyl groups excluding tert-OH is 1. The number of hydrogen-bond acceptors (Lipinski definition) is 3. The van der Waals surface area contributed by atoms with Gasteiger partial charge < -0.3 is 15.2 Å². The molecule has 0 aromatic heterocycles. The molecule has 1 saturated heterocycles. The Morgan fingerprint density at radius 2 is 2.27 bits per heavy atom. The van der Waals surface area contributed by atoms with Gasteiger partial charge in [0, 0.05) is 25.3 Å². The number of hydrogen-bond donors (Lipinski definition) is 2. The lowest BCUT2D eigenvalue weighted by atomic mass is 9.94. The first-order valence-electron chi connectivity index (χ1n) is 6.17. The normalized spacial score (nSPS) is 26.2. The molecule has 0 aromatic carbocycles. The molecule has 1 rings (SSSR count). The van der Waals surface area contributed by atoms with E-state index in [1.807, 2.05) is 0 Å². The summed E-state index contributed by atoms with van der Waals surface area (Å²) >= 11 is 0. The average molecular weight is 215 g/mol. The SMILES string of the molecule is CCC(C)(CCO)NCC1CCCCO1. The molecular formula is C12H25NO2. The molecule has 2 atom stereocenters. The minimum absolute atomic E-state index is 0.0650. The van der Waals surface area contributed by atoms with E-state index in [1.165, 1.54) is 19.3 Å². The summed E-state index contributed by atoms with van der Waals surface area (Å²) in [6, 6.07) is 0. The summed E-state index contributed by atoms with van der Waals surface area (Å²) in [7, 11) is 0. The number of aliphatic hydroxyl groups is 1. The van der Waals surface area contributed by atoms with Crippen molar-refractivity contribution in [2.24, 2.45) is 0 Å². The molecule has 1 aliphatic heterocycles. The molecule has 0 aliphatic carbocycles. The monoisotopic (exact) mass is 215 g/mol. The van der Waals surface area contributed by atoms with Crippen LogP contribution in [-0.4, -0.2) is 36.5 Å². The first kappa shape index (κ1) is 12.9. The lowest BCUT2D eigenvalue weighted by Gasteiger charge is -2.32. The molecule has 0 radical (unpaired) electrons. The third kappa shape index (κ3) is 4.49. The lowest BCUT2D eigenvalue weighted by molar-refractivity contribution is 0.0112. The van der Waals surface area contributed by atoms with E-state index in [0.717, 1.165) is 26.0 Å². The molecule has 0 aromatic rings. The Morgan fingerprint density at radius 3 is 2.80 bits per heavy atom. The van der Waals surface area contributed by atoms with Crippen molar-refractivity contribution in [3.63, 3.8) is 0 Å². The van der Waals surface area contributed by atoms with Gasteiger partial charge in [0.15, 0.2) is 0 Å². The molecule has 3 nitrogen and oxygen atoms in total. The summed E-state index contributed by atoms with van der Waals surface area (Å²) in [6.07, 6.45) is 5.90. The predicted octanol–water partition coefficient (Wildman–Crippen LogP) is 1.70. The molecule has 1 heterocycles. The topological polar surface area (TPSA) is 41.5 Å². The Labute approximate surface area is 93.2 Å². The maximum atomic E-state index is 9.00. The first-order valence-corrected chi connectivity index (χ1v) is 6.17. The van der Waals surface area contributed by atoms with Crippen molar-refractivity contribution in [3.8, 4) is 0 Å². The van der Waals surface area contributed by atoms with Crippen LogP contribution in [0.1, 0.15) is 46.0 Å². The van der Waals surface area contributed by atoms with E-state index in [1.54, 1.807) is 0 Å². The van der Waals surface area contributed by atoms with Crippen LogP contribution in [-0.2, 0) is 4.74 Å². The Kier molecular flexibility index (Phi) is 5.58. The minimum atomic E-state index is 0.0650. The number of ether oxygens (including phenoxy) is 1. The summed E-state index contributed by atoms with van der Waals surface area (Å²) in [4.78, 5) is 0. The van der Waals surface area contributed by atoms with E-state index in [0.29, 0.717) is 6.10 Å². The van der Waals surface area contributed by atoms with Crippen LogP contribution >= 0.6 is 0 Å². The van der Waals surface area contributed by atoms with Crippen molar-refractivity contribution in [2.45, 2.75) is 57.6 Å². The fourth-order valence-electron chi connectivity index (χ4n) is 1.97. The fraction of sp³-hybridized carbons (Fsp3) is 1.00. The number of rotatable bonds is 6. The van der Waals surface area contributed by atoms with E-state index in [2.05, 4.69) is 19.2 Å². The highest BCUT2D eigenvalue weighted by atomic mass is 16.5. The lowest BCUT2D eigenvalue weighted by Crippen LogP contribution is -2.47. The smallest absolute Gasteiger partial charge is 0.0699 e. The van der Waals surface area contributed by atoms with E-state index < -0.39 is 0 Å². The van der Waals surface area contributed by atoms with Gasteiger partial charge in [-0.05, 0) is 39.0 Å². The fourth-order valence-corrected chi connectivity index (χ4v) is 1.97. The van der Waals surface area contributed by atoms with Crippen LogP contribution in [0, 0.1) is 0 Å². The largest absolute Gasteiger partial charge is 0.396 e. The van der Waals surface area contributed by atoms with Gasteiger partial charge in [-0.1, -0.05) is 6.92 Å². The van der Waals surface area contributed by atoms with Crippen molar-refractivity contribution in [2.75, 3.05) is 19.8 Å². The average Bonchev–Trinajstić information content (AvgIpc) is 2.28. The zero-order chi connectivity index (χ0) is 11.1. The van der Waals surface area contributed by atoms with Gasteiger partial charge in [0.2, 0.25) is 0 Å². The molecule has 0 bridgehead atoms. The number of nitrogens with one attached hydrogen (secondary N) is 1. The van der Waals surface area contributed by atoms with Crippen LogP contribution in [0.3, 0.4) is 0 Å². The van der Waals surface area contributed by atoms with Gasteiger partial charge in [0.1, 0.15) is 0 Å². The highest BCUT2D eigenvalue weighted by Gasteiger charge is 2.23. The maximum Gasteiger partial charge on any atom is 0.0699 e. The van der Waals surface area contributed by atoms with Gasteiger partial charge in [0.05, 0.1) is 6.10 Å². The molecule has 2 unspecified atom stereocenters. The standard InChI is InChI=1S/C12H25NO2/c1-3-12(2,7-8-14)13-10-11-6-4-5-9-15-11/h11,13-14H,3-10H2,1-2H3. The van der Waals surface area contributed by atoms with Crippen LogP contribution in [0.4, 0.5) is 0 Å². The summed E-state index contributed by atoms with van der Waals surface area (Å²) in [6.45, 7) is 6.42.